The standard InChI is InChI=1S/C21H20Cl2N4OS2/c1-26-8-10-27(11-9-26)16-5-3-2-4-15(16)24-21(29)25-20(28)19-18(23)14-7-6-13(22)12-17(14)30-19/h2-7,12H,8-11H2,1H3,(H2,24,25,28,29). The maximum absolute atomic E-state index is 12.8. The molecule has 156 valence electrons. The Morgan fingerprint density at radius 2 is 1.83 bits per heavy atom. The number of nitrogens with zero attached hydrogens (tertiary/aromatic N) is 2. The lowest BCUT2D eigenvalue weighted by atomic mass is 10.2. The largest absolute Gasteiger partial charge is 0.367 e. The van der Waals surface area contributed by atoms with Gasteiger partial charge in [-0.3, -0.25) is 10.1 Å². The number of carbonyl (C=O) groups excluding carboxylic acids is 1. The first-order valence-corrected chi connectivity index (χ1v) is 11.4. The number of rotatable bonds is 3. The molecule has 1 aromatic heterocycles. The van der Waals surface area contributed by atoms with E-state index in [0.29, 0.717) is 14.9 Å². The number of thiocarbonyl (C=S) groups is 1. The number of fused-ring (bicyclic) bond motifs is 1. The Morgan fingerprint density at radius 1 is 1.10 bits per heavy atom. The number of halogens is 2. The quantitative estimate of drug-likeness (QED) is 0.513. The molecule has 0 saturated carbocycles. The van der Waals surface area contributed by atoms with E-state index in [1.54, 1.807) is 12.1 Å². The van der Waals surface area contributed by atoms with Gasteiger partial charge in [0.05, 0.1) is 16.4 Å². The van der Waals surface area contributed by atoms with E-state index in [-0.39, 0.29) is 11.0 Å². The lowest BCUT2D eigenvalue weighted by molar-refractivity contribution is 0.0982. The summed E-state index contributed by atoms with van der Waals surface area (Å²) in [5, 5.41) is 7.95. The van der Waals surface area contributed by atoms with Crippen molar-refractivity contribution in [2.75, 3.05) is 43.4 Å². The van der Waals surface area contributed by atoms with E-state index in [4.69, 9.17) is 35.4 Å². The lowest BCUT2D eigenvalue weighted by Crippen LogP contribution is -2.45. The summed E-state index contributed by atoms with van der Waals surface area (Å²) in [5.74, 6) is -0.341. The highest BCUT2D eigenvalue weighted by atomic mass is 35.5. The van der Waals surface area contributed by atoms with E-state index in [0.717, 1.165) is 47.6 Å². The van der Waals surface area contributed by atoms with Crippen LogP contribution in [0.5, 0.6) is 0 Å². The zero-order chi connectivity index (χ0) is 21.3. The second-order valence-corrected chi connectivity index (χ2v) is 9.38. The van der Waals surface area contributed by atoms with Crippen LogP contribution in [0.4, 0.5) is 11.4 Å². The van der Waals surface area contributed by atoms with E-state index in [1.165, 1.54) is 11.3 Å². The van der Waals surface area contributed by atoms with E-state index >= 15 is 0 Å². The fourth-order valence-corrected chi connectivity index (χ4v) is 5.29. The van der Waals surface area contributed by atoms with Crippen molar-refractivity contribution in [3.05, 3.63) is 57.4 Å². The molecule has 1 aliphatic rings. The van der Waals surface area contributed by atoms with Gasteiger partial charge in [-0.2, -0.15) is 0 Å². The maximum Gasteiger partial charge on any atom is 0.269 e. The Morgan fingerprint density at radius 3 is 2.60 bits per heavy atom. The number of piperazine rings is 1. The highest BCUT2D eigenvalue weighted by molar-refractivity contribution is 7.80. The molecule has 4 rings (SSSR count). The van der Waals surface area contributed by atoms with Gasteiger partial charge in [-0.15, -0.1) is 11.3 Å². The van der Waals surface area contributed by atoms with Crippen LogP contribution in [-0.4, -0.2) is 49.1 Å². The Kier molecular flexibility index (Phi) is 6.46. The first kappa shape index (κ1) is 21.3. The van der Waals surface area contributed by atoms with Gasteiger partial charge in [0.1, 0.15) is 4.88 Å². The van der Waals surface area contributed by atoms with Crippen molar-refractivity contribution in [1.29, 1.82) is 0 Å². The molecular weight excluding hydrogens is 459 g/mol. The number of para-hydroxylation sites is 2. The molecule has 30 heavy (non-hydrogen) atoms. The van der Waals surface area contributed by atoms with E-state index in [1.807, 2.05) is 24.3 Å². The molecule has 0 aliphatic carbocycles. The summed E-state index contributed by atoms with van der Waals surface area (Å²) < 4.78 is 0.858. The van der Waals surface area contributed by atoms with Gasteiger partial charge in [0, 0.05) is 41.3 Å². The van der Waals surface area contributed by atoms with Crippen molar-refractivity contribution in [2.45, 2.75) is 0 Å². The van der Waals surface area contributed by atoms with Crippen LogP contribution in [0.1, 0.15) is 9.67 Å². The van der Waals surface area contributed by atoms with E-state index in [2.05, 4.69) is 33.5 Å². The molecule has 0 unspecified atom stereocenters. The number of benzene rings is 2. The summed E-state index contributed by atoms with van der Waals surface area (Å²) in [4.78, 5) is 17.8. The smallest absolute Gasteiger partial charge is 0.269 e. The molecule has 2 aromatic carbocycles. The number of hydrogen-bond acceptors (Lipinski definition) is 5. The molecule has 0 bridgehead atoms. The van der Waals surface area contributed by atoms with Gasteiger partial charge in [0.25, 0.3) is 5.91 Å². The first-order chi connectivity index (χ1) is 14.4. The zero-order valence-corrected chi connectivity index (χ0v) is 19.4. The predicted octanol–water partition coefficient (Wildman–Crippen LogP) is 5.09. The first-order valence-electron chi connectivity index (χ1n) is 9.45. The molecule has 9 heteroatoms. The van der Waals surface area contributed by atoms with Crippen molar-refractivity contribution < 1.29 is 4.79 Å². The highest BCUT2D eigenvalue weighted by Crippen LogP contribution is 2.36. The lowest BCUT2D eigenvalue weighted by Gasteiger charge is -2.35. The zero-order valence-electron chi connectivity index (χ0n) is 16.2. The molecule has 0 atom stereocenters. The minimum Gasteiger partial charge on any atom is -0.367 e. The topological polar surface area (TPSA) is 47.6 Å². The Balaban J connectivity index is 1.48. The average Bonchev–Trinajstić information content (AvgIpc) is 3.05. The minimum absolute atomic E-state index is 0.230. The van der Waals surface area contributed by atoms with Crippen LogP contribution in [0.25, 0.3) is 10.1 Å². The summed E-state index contributed by atoms with van der Waals surface area (Å²) in [7, 11) is 2.12. The van der Waals surface area contributed by atoms with Crippen LogP contribution < -0.4 is 15.5 Å². The third-order valence-corrected chi connectivity index (χ3v) is 7.12. The normalized spacial score (nSPS) is 14.7. The Bertz CT molecular complexity index is 1110. The molecule has 1 aliphatic heterocycles. The number of carbonyl (C=O) groups is 1. The number of thiophene rings is 1. The molecule has 1 saturated heterocycles. The second-order valence-electron chi connectivity index (χ2n) is 7.10. The van der Waals surface area contributed by atoms with Gasteiger partial charge in [-0.05, 0) is 43.5 Å². The fraction of sp³-hybridized carbons (Fsp3) is 0.238. The summed E-state index contributed by atoms with van der Waals surface area (Å²) in [6, 6.07) is 13.3. The molecule has 0 radical (unpaired) electrons. The SMILES string of the molecule is CN1CCN(c2ccccc2NC(=S)NC(=O)c2sc3cc(Cl)ccc3c2Cl)CC1. The number of likely N-dealkylation sites (N-methyl/N-ethyl adjacent to an activating group) is 1. The molecule has 3 aromatic rings. The average molecular weight is 479 g/mol. The van der Waals surface area contributed by atoms with Crippen molar-refractivity contribution in [1.82, 2.24) is 10.2 Å². The minimum atomic E-state index is -0.341. The highest BCUT2D eigenvalue weighted by Gasteiger charge is 2.20. The van der Waals surface area contributed by atoms with Crippen molar-refractivity contribution in [3.63, 3.8) is 0 Å². The number of amides is 1. The second kappa shape index (κ2) is 9.08. The Hall–Kier alpha value is -1.90. The fourth-order valence-electron chi connectivity index (χ4n) is 3.40. The third-order valence-electron chi connectivity index (χ3n) is 5.02. The van der Waals surface area contributed by atoms with Gasteiger partial charge >= 0.3 is 0 Å². The molecule has 2 N–H and O–H groups in total. The summed E-state index contributed by atoms with van der Waals surface area (Å²) in [5.41, 5.74) is 1.93. The van der Waals surface area contributed by atoms with Crippen LogP contribution in [-0.2, 0) is 0 Å². The molecule has 2 heterocycles. The summed E-state index contributed by atoms with van der Waals surface area (Å²) >= 11 is 19.2. The molecular formula is C21H20Cl2N4OS2. The van der Waals surface area contributed by atoms with Crippen molar-refractivity contribution >= 4 is 79.2 Å². The van der Waals surface area contributed by atoms with E-state index < -0.39 is 0 Å². The molecule has 0 spiro atoms. The summed E-state index contributed by atoms with van der Waals surface area (Å²) in [6.45, 7) is 3.89. The van der Waals surface area contributed by atoms with Crippen LogP contribution in [0, 0.1) is 0 Å². The van der Waals surface area contributed by atoms with Gasteiger partial charge in [-0.1, -0.05) is 41.4 Å². The molecule has 1 fully saturated rings. The predicted molar refractivity (Wildman–Crippen MR) is 132 cm³/mol. The van der Waals surface area contributed by atoms with Crippen LogP contribution >= 0.6 is 46.8 Å². The van der Waals surface area contributed by atoms with Crippen molar-refractivity contribution in [2.24, 2.45) is 0 Å². The number of nitrogens with one attached hydrogen (secondary N) is 2. The van der Waals surface area contributed by atoms with Crippen LogP contribution in [0.2, 0.25) is 10.0 Å². The van der Waals surface area contributed by atoms with Gasteiger partial charge < -0.3 is 15.1 Å². The van der Waals surface area contributed by atoms with Gasteiger partial charge in [0.2, 0.25) is 0 Å². The number of hydrogen-bond donors (Lipinski definition) is 2. The van der Waals surface area contributed by atoms with Crippen LogP contribution in [0.15, 0.2) is 42.5 Å². The third kappa shape index (κ3) is 4.55. The van der Waals surface area contributed by atoms with E-state index in [9.17, 15) is 4.79 Å². The van der Waals surface area contributed by atoms with Crippen LogP contribution in [0.3, 0.4) is 0 Å². The van der Waals surface area contributed by atoms with Gasteiger partial charge in [0.15, 0.2) is 5.11 Å². The summed E-state index contributed by atoms with van der Waals surface area (Å²) in [6.07, 6.45) is 0. The maximum atomic E-state index is 12.8. The van der Waals surface area contributed by atoms with Gasteiger partial charge in [-0.25, -0.2) is 0 Å². The molecule has 5 nitrogen and oxygen atoms in total. The Labute approximate surface area is 194 Å². The monoisotopic (exact) mass is 478 g/mol. The molecule has 1 amide bonds. The number of anilines is 2. The van der Waals surface area contributed by atoms with Crippen molar-refractivity contribution in [3.8, 4) is 0 Å².